The molecule has 0 saturated heterocycles. The van der Waals surface area contributed by atoms with Crippen molar-refractivity contribution in [1.82, 2.24) is 24.7 Å². The van der Waals surface area contributed by atoms with Crippen LogP contribution in [0, 0.1) is 12.3 Å². The molecule has 1 spiro atoms. The molecule has 3 heterocycles. The van der Waals surface area contributed by atoms with E-state index in [0.717, 1.165) is 48.8 Å². The Bertz CT molecular complexity index is 928. The fraction of sp³-hybridized carbons (Fsp3) is 0.500. The van der Waals surface area contributed by atoms with Crippen LogP contribution >= 0.6 is 0 Å². The second-order valence-corrected chi connectivity index (χ2v) is 8.15. The highest BCUT2D eigenvalue weighted by Gasteiger charge is 2.48. The summed E-state index contributed by atoms with van der Waals surface area (Å²) in [6, 6.07) is 4.32. The standard InChI is InChI=1S/C20H24N6O/c1-13-22-8-9-26(13)17-3-2-14(12-23-17)18-24-19(27-25-18)15-10-20(11-15)6-4-16(21)5-7-20/h2-3,8-9,12,15-16H,4-7,10-11,21H2,1H3. The number of rotatable bonds is 3. The lowest BCUT2D eigenvalue weighted by Crippen LogP contribution is -2.42. The number of aromatic nitrogens is 5. The Morgan fingerprint density at radius 1 is 1.19 bits per heavy atom. The van der Waals surface area contributed by atoms with E-state index in [1.807, 2.05) is 29.8 Å². The lowest BCUT2D eigenvalue weighted by Gasteiger charge is -2.50. The van der Waals surface area contributed by atoms with Crippen LogP contribution in [0.5, 0.6) is 0 Å². The van der Waals surface area contributed by atoms with Gasteiger partial charge in [-0.05, 0) is 63.0 Å². The summed E-state index contributed by atoms with van der Waals surface area (Å²) < 4.78 is 7.51. The molecule has 140 valence electrons. The highest BCUT2D eigenvalue weighted by atomic mass is 16.5. The first-order valence-corrected chi connectivity index (χ1v) is 9.68. The number of nitrogens with zero attached hydrogens (tertiary/aromatic N) is 5. The summed E-state index contributed by atoms with van der Waals surface area (Å²) >= 11 is 0. The largest absolute Gasteiger partial charge is 0.339 e. The van der Waals surface area contributed by atoms with Gasteiger partial charge in [-0.1, -0.05) is 5.16 Å². The molecule has 7 heteroatoms. The van der Waals surface area contributed by atoms with E-state index in [-0.39, 0.29) is 0 Å². The zero-order valence-corrected chi connectivity index (χ0v) is 15.5. The highest BCUT2D eigenvalue weighted by molar-refractivity contribution is 5.53. The minimum Gasteiger partial charge on any atom is -0.339 e. The van der Waals surface area contributed by atoms with Gasteiger partial charge in [0.05, 0.1) is 0 Å². The summed E-state index contributed by atoms with van der Waals surface area (Å²) in [7, 11) is 0. The van der Waals surface area contributed by atoms with Crippen LogP contribution in [0.15, 0.2) is 35.2 Å². The van der Waals surface area contributed by atoms with Crippen molar-refractivity contribution in [1.29, 1.82) is 0 Å². The van der Waals surface area contributed by atoms with Crippen molar-refractivity contribution in [2.75, 3.05) is 0 Å². The predicted molar refractivity (Wildman–Crippen MR) is 100 cm³/mol. The topological polar surface area (TPSA) is 95.7 Å². The van der Waals surface area contributed by atoms with E-state index < -0.39 is 0 Å². The van der Waals surface area contributed by atoms with Gasteiger partial charge in [-0.3, -0.25) is 4.57 Å². The minimum atomic E-state index is 0.390. The molecule has 3 aromatic rings. The molecule has 2 aliphatic carbocycles. The molecule has 0 aliphatic heterocycles. The van der Waals surface area contributed by atoms with E-state index in [1.165, 1.54) is 12.8 Å². The Morgan fingerprint density at radius 3 is 2.67 bits per heavy atom. The quantitative estimate of drug-likeness (QED) is 0.765. The SMILES string of the molecule is Cc1nccn1-c1ccc(-c2noc(C3CC4(CCC(N)CC4)C3)n2)cn1. The molecular formula is C20H24N6O. The van der Waals surface area contributed by atoms with E-state index in [1.54, 1.807) is 12.4 Å². The molecule has 2 fully saturated rings. The van der Waals surface area contributed by atoms with E-state index >= 15 is 0 Å². The Morgan fingerprint density at radius 2 is 2.00 bits per heavy atom. The van der Waals surface area contributed by atoms with Crippen LogP contribution in [0.25, 0.3) is 17.2 Å². The molecule has 0 radical (unpaired) electrons. The van der Waals surface area contributed by atoms with Crippen LogP contribution in [0.4, 0.5) is 0 Å². The molecule has 27 heavy (non-hydrogen) atoms. The second-order valence-electron chi connectivity index (χ2n) is 8.15. The summed E-state index contributed by atoms with van der Waals surface area (Å²) in [6.45, 7) is 1.95. The first-order valence-electron chi connectivity index (χ1n) is 9.68. The molecule has 0 amide bonds. The summed E-state index contributed by atoms with van der Waals surface area (Å²) in [5, 5.41) is 4.18. The normalized spacial score (nSPS) is 27.6. The molecule has 3 aromatic heterocycles. The summed E-state index contributed by atoms with van der Waals surface area (Å²) in [5.74, 6) is 3.49. The molecule has 0 atom stereocenters. The van der Waals surface area contributed by atoms with Gasteiger partial charge in [0.1, 0.15) is 11.6 Å². The lowest BCUT2D eigenvalue weighted by molar-refractivity contribution is 0.0335. The van der Waals surface area contributed by atoms with Crippen molar-refractivity contribution in [3.63, 3.8) is 0 Å². The van der Waals surface area contributed by atoms with Gasteiger partial charge < -0.3 is 10.3 Å². The third kappa shape index (κ3) is 2.96. The van der Waals surface area contributed by atoms with Gasteiger partial charge in [-0.15, -0.1) is 0 Å². The number of hydrogen-bond acceptors (Lipinski definition) is 6. The third-order valence-corrected chi connectivity index (χ3v) is 6.32. The maximum absolute atomic E-state index is 6.05. The van der Waals surface area contributed by atoms with Crippen LogP contribution in [-0.2, 0) is 0 Å². The lowest BCUT2D eigenvalue weighted by atomic mass is 9.55. The number of aryl methyl sites for hydroxylation is 1. The van der Waals surface area contributed by atoms with Crippen molar-refractivity contribution in [2.45, 2.75) is 57.4 Å². The van der Waals surface area contributed by atoms with Crippen molar-refractivity contribution in [3.05, 3.63) is 42.4 Å². The molecule has 0 bridgehead atoms. The predicted octanol–water partition coefficient (Wildman–Crippen LogP) is 3.39. The van der Waals surface area contributed by atoms with Crippen LogP contribution in [-0.4, -0.2) is 30.7 Å². The van der Waals surface area contributed by atoms with Gasteiger partial charge >= 0.3 is 0 Å². The molecule has 5 rings (SSSR count). The molecule has 2 saturated carbocycles. The van der Waals surface area contributed by atoms with Gasteiger partial charge in [-0.25, -0.2) is 9.97 Å². The molecule has 7 nitrogen and oxygen atoms in total. The maximum Gasteiger partial charge on any atom is 0.230 e. The third-order valence-electron chi connectivity index (χ3n) is 6.32. The summed E-state index contributed by atoms with van der Waals surface area (Å²) in [5.41, 5.74) is 7.38. The summed E-state index contributed by atoms with van der Waals surface area (Å²) in [6.07, 6.45) is 12.5. The first kappa shape index (κ1) is 16.6. The molecular weight excluding hydrogens is 340 g/mol. The van der Waals surface area contributed by atoms with E-state index in [9.17, 15) is 0 Å². The average Bonchev–Trinajstić information content (AvgIpc) is 3.30. The van der Waals surface area contributed by atoms with Gasteiger partial charge in [0.15, 0.2) is 0 Å². The number of hydrogen-bond donors (Lipinski definition) is 1. The molecule has 2 N–H and O–H groups in total. The van der Waals surface area contributed by atoms with Crippen LogP contribution in [0.1, 0.15) is 56.2 Å². The minimum absolute atomic E-state index is 0.390. The van der Waals surface area contributed by atoms with Gasteiger partial charge in [-0.2, -0.15) is 4.98 Å². The molecule has 2 aliphatic rings. The van der Waals surface area contributed by atoms with Crippen molar-refractivity contribution in [3.8, 4) is 17.2 Å². The number of imidazole rings is 1. The van der Waals surface area contributed by atoms with Crippen molar-refractivity contribution < 1.29 is 4.52 Å². The van der Waals surface area contributed by atoms with Crippen LogP contribution in [0.3, 0.4) is 0 Å². The van der Waals surface area contributed by atoms with E-state index in [2.05, 4.69) is 20.1 Å². The van der Waals surface area contributed by atoms with Crippen molar-refractivity contribution >= 4 is 0 Å². The van der Waals surface area contributed by atoms with Crippen LogP contribution in [0.2, 0.25) is 0 Å². The van der Waals surface area contributed by atoms with Gasteiger partial charge in [0, 0.05) is 36.1 Å². The van der Waals surface area contributed by atoms with Crippen LogP contribution < -0.4 is 5.73 Å². The number of pyridine rings is 1. The van der Waals surface area contributed by atoms with E-state index in [0.29, 0.717) is 23.2 Å². The Kier molecular flexibility index (Phi) is 3.86. The molecule has 0 aromatic carbocycles. The van der Waals surface area contributed by atoms with Gasteiger partial charge in [0.2, 0.25) is 11.7 Å². The highest BCUT2D eigenvalue weighted by Crippen LogP contribution is 2.58. The van der Waals surface area contributed by atoms with Crippen molar-refractivity contribution in [2.24, 2.45) is 11.1 Å². The zero-order chi connectivity index (χ0) is 18.4. The fourth-order valence-electron chi connectivity index (χ4n) is 4.62. The Labute approximate surface area is 158 Å². The fourth-order valence-corrected chi connectivity index (χ4v) is 4.62. The smallest absolute Gasteiger partial charge is 0.230 e. The maximum atomic E-state index is 6.05. The Balaban J connectivity index is 1.28. The second kappa shape index (κ2) is 6.27. The monoisotopic (exact) mass is 364 g/mol. The van der Waals surface area contributed by atoms with Gasteiger partial charge in [0.25, 0.3) is 0 Å². The molecule has 0 unspecified atom stereocenters. The van der Waals surface area contributed by atoms with E-state index in [4.69, 9.17) is 10.3 Å². The average molecular weight is 364 g/mol. The Hall–Kier alpha value is -2.54. The number of nitrogens with two attached hydrogens (primary N) is 1. The summed E-state index contributed by atoms with van der Waals surface area (Å²) in [4.78, 5) is 13.4. The first-order chi connectivity index (χ1) is 13.1. The zero-order valence-electron chi connectivity index (χ0n) is 15.5.